The Morgan fingerprint density at radius 1 is 0.900 bits per heavy atom. The molecule has 0 N–H and O–H groups in total. The standard InChI is InChI=1S/C15H33N3O2/c1-15(2,20-7)14(19)18(12-8-10-16(3)4)13-9-11-17(5)6/h8-13H2,1-7H3. The van der Waals surface area contributed by atoms with Crippen LogP contribution >= 0.6 is 0 Å². The number of amides is 1. The lowest BCUT2D eigenvalue weighted by Crippen LogP contribution is -2.47. The molecule has 5 heteroatoms. The highest BCUT2D eigenvalue weighted by molar-refractivity contribution is 5.84. The first-order valence-electron chi connectivity index (χ1n) is 7.34. The first kappa shape index (κ1) is 19.4. The quantitative estimate of drug-likeness (QED) is 0.604. The molecule has 20 heavy (non-hydrogen) atoms. The predicted octanol–water partition coefficient (Wildman–Crippen LogP) is 1.14. The fourth-order valence-electron chi connectivity index (χ4n) is 1.94. The minimum atomic E-state index is -0.740. The van der Waals surface area contributed by atoms with Crippen molar-refractivity contribution in [2.24, 2.45) is 0 Å². The molecule has 0 saturated carbocycles. The van der Waals surface area contributed by atoms with Crippen molar-refractivity contribution >= 4 is 5.91 Å². The number of rotatable bonds is 10. The van der Waals surface area contributed by atoms with Gasteiger partial charge in [-0.25, -0.2) is 0 Å². The third kappa shape index (κ3) is 7.82. The average molecular weight is 287 g/mol. The third-order valence-corrected chi connectivity index (χ3v) is 3.38. The molecule has 0 aromatic carbocycles. The number of hydrogen-bond donors (Lipinski definition) is 0. The summed E-state index contributed by atoms with van der Waals surface area (Å²) in [5.74, 6) is 0.0810. The lowest BCUT2D eigenvalue weighted by Gasteiger charge is -2.31. The molecule has 0 saturated heterocycles. The van der Waals surface area contributed by atoms with Crippen molar-refractivity contribution < 1.29 is 9.53 Å². The molecule has 0 atom stereocenters. The third-order valence-electron chi connectivity index (χ3n) is 3.38. The van der Waals surface area contributed by atoms with Gasteiger partial charge in [-0.2, -0.15) is 0 Å². The summed E-state index contributed by atoms with van der Waals surface area (Å²) in [6.07, 6.45) is 1.97. The molecule has 0 fully saturated rings. The molecule has 0 spiro atoms. The second-order valence-electron chi connectivity index (χ2n) is 6.32. The van der Waals surface area contributed by atoms with E-state index in [1.807, 2.05) is 18.7 Å². The Morgan fingerprint density at radius 3 is 1.60 bits per heavy atom. The molecule has 0 aliphatic carbocycles. The lowest BCUT2D eigenvalue weighted by atomic mass is 10.1. The van der Waals surface area contributed by atoms with Crippen LogP contribution in [0.3, 0.4) is 0 Å². The molecule has 0 unspecified atom stereocenters. The van der Waals surface area contributed by atoms with Crippen LogP contribution in [0.25, 0.3) is 0 Å². The number of ether oxygens (including phenoxy) is 1. The van der Waals surface area contributed by atoms with Gasteiger partial charge >= 0.3 is 0 Å². The molecule has 0 aliphatic rings. The normalized spacial score (nSPS) is 12.2. The maximum Gasteiger partial charge on any atom is 0.254 e. The molecule has 120 valence electrons. The molecular weight excluding hydrogens is 254 g/mol. The summed E-state index contributed by atoms with van der Waals surface area (Å²) in [4.78, 5) is 18.7. The number of nitrogens with zero attached hydrogens (tertiary/aromatic N) is 3. The van der Waals surface area contributed by atoms with E-state index in [1.165, 1.54) is 0 Å². The van der Waals surface area contributed by atoms with Gasteiger partial charge in [0, 0.05) is 20.2 Å². The maximum absolute atomic E-state index is 12.5. The van der Waals surface area contributed by atoms with Crippen molar-refractivity contribution in [3.8, 4) is 0 Å². The monoisotopic (exact) mass is 287 g/mol. The van der Waals surface area contributed by atoms with Gasteiger partial charge in [0.2, 0.25) is 0 Å². The summed E-state index contributed by atoms with van der Waals surface area (Å²) in [5.41, 5.74) is -0.740. The van der Waals surface area contributed by atoms with E-state index in [2.05, 4.69) is 38.0 Å². The topological polar surface area (TPSA) is 36.0 Å². The van der Waals surface area contributed by atoms with Gasteiger partial charge in [0.05, 0.1) is 0 Å². The van der Waals surface area contributed by atoms with Gasteiger partial charge in [0.25, 0.3) is 5.91 Å². The van der Waals surface area contributed by atoms with Gasteiger partial charge in [-0.15, -0.1) is 0 Å². The first-order valence-corrected chi connectivity index (χ1v) is 7.34. The number of hydrogen-bond acceptors (Lipinski definition) is 4. The van der Waals surface area contributed by atoms with E-state index in [4.69, 9.17) is 4.74 Å². The molecule has 0 aromatic rings. The average Bonchev–Trinajstić information content (AvgIpc) is 2.35. The van der Waals surface area contributed by atoms with Gasteiger partial charge in [-0.1, -0.05) is 0 Å². The predicted molar refractivity (Wildman–Crippen MR) is 84.0 cm³/mol. The lowest BCUT2D eigenvalue weighted by molar-refractivity contribution is -0.151. The molecule has 0 heterocycles. The van der Waals surface area contributed by atoms with Crippen molar-refractivity contribution in [1.82, 2.24) is 14.7 Å². The van der Waals surface area contributed by atoms with Gasteiger partial charge < -0.3 is 19.4 Å². The van der Waals surface area contributed by atoms with Crippen LogP contribution in [0.1, 0.15) is 26.7 Å². The van der Waals surface area contributed by atoms with Gasteiger partial charge in [-0.05, 0) is 68.0 Å². The largest absolute Gasteiger partial charge is 0.369 e. The van der Waals surface area contributed by atoms with E-state index in [1.54, 1.807) is 7.11 Å². The summed E-state index contributed by atoms with van der Waals surface area (Å²) in [6, 6.07) is 0. The van der Waals surface area contributed by atoms with E-state index in [0.717, 1.165) is 39.0 Å². The zero-order chi connectivity index (χ0) is 15.8. The molecule has 1 amide bonds. The highest BCUT2D eigenvalue weighted by Gasteiger charge is 2.31. The van der Waals surface area contributed by atoms with Gasteiger partial charge in [0.15, 0.2) is 0 Å². The number of methoxy groups -OCH3 is 1. The van der Waals surface area contributed by atoms with Crippen LogP contribution in [0.2, 0.25) is 0 Å². The molecular formula is C15H33N3O2. The fraction of sp³-hybridized carbons (Fsp3) is 0.933. The van der Waals surface area contributed by atoms with Crippen LogP contribution in [0.5, 0.6) is 0 Å². The zero-order valence-electron chi connectivity index (χ0n) is 14.4. The summed E-state index contributed by atoms with van der Waals surface area (Å²) >= 11 is 0. The van der Waals surface area contributed by atoms with Crippen LogP contribution < -0.4 is 0 Å². The highest BCUT2D eigenvalue weighted by Crippen LogP contribution is 2.13. The second-order valence-corrected chi connectivity index (χ2v) is 6.32. The fourth-order valence-corrected chi connectivity index (χ4v) is 1.94. The Morgan fingerprint density at radius 2 is 1.30 bits per heavy atom. The Kier molecular flexibility index (Phi) is 9.01. The Bertz CT molecular complexity index is 264. The van der Waals surface area contributed by atoms with E-state index < -0.39 is 5.60 Å². The van der Waals surface area contributed by atoms with Gasteiger partial charge in [0.1, 0.15) is 5.60 Å². The van der Waals surface area contributed by atoms with Crippen LogP contribution in [0.4, 0.5) is 0 Å². The zero-order valence-corrected chi connectivity index (χ0v) is 14.4. The van der Waals surface area contributed by atoms with Crippen molar-refractivity contribution in [3.05, 3.63) is 0 Å². The molecule has 0 rings (SSSR count). The van der Waals surface area contributed by atoms with Crippen LogP contribution in [0, 0.1) is 0 Å². The summed E-state index contributed by atoms with van der Waals surface area (Å²) in [7, 11) is 9.80. The smallest absolute Gasteiger partial charge is 0.254 e. The van der Waals surface area contributed by atoms with E-state index >= 15 is 0 Å². The molecule has 0 aromatic heterocycles. The summed E-state index contributed by atoms with van der Waals surface area (Å²) in [6.45, 7) is 7.23. The minimum absolute atomic E-state index is 0.0810. The highest BCUT2D eigenvalue weighted by atomic mass is 16.5. The Labute approximate surface area is 124 Å². The Balaban J connectivity index is 4.48. The van der Waals surface area contributed by atoms with Crippen molar-refractivity contribution in [3.63, 3.8) is 0 Å². The summed E-state index contributed by atoms with van der Waals surface area (Å²) < 4.78 is 5.32. The number of carbonyl (C=O) groups is 1. The molecule has 0 radical (unpaired) electrons. The van der Waals surface area contributed by atoms with Crippen molar-refractivity contribution in [2.75, 3.05) is 61.5 Å². The Hall–Kier alpha value is -0.650. The van der Waals surface area contributed by atoms with Crippen LogP contribution in [-0.2, 0) is 9.53 Å². The van der Waals surface area contributed by atoms with E-state index in [9.17, 15) is 4.79 Å². The van der Waals surface area contributed by atoms with Crippen LogP contribution in [0.15, 0.2) is 0 Å². The SMILES string of the molecule is COC(C)(C)C(=O)N(CCCN(C)C)CCCN(C)C. The number of carbonyl (C=O) groups excluding carboxylic acids is 1. The van der Waals surface area contributed by atoms with Crippen LogP contribution in [-0.4, -0.2) is 87.7 Å². The first-order chi connectivity index (χ1) is 9.20. The molecule has 5 nitrogen and oxygen atoms in total. The van der Waals surface area contributed by atoms with E-state index in [-0.39, 0.29) is 5.91 Å². The second kappa shape index (κ2) is 9.32. The van der Waals surface area contributed by atoms with Crippen molar-refractivity contribution in [1.29, 1.82) is 0 Å². The molecule has 0 bridgehead atoms. The maximum atomic E-state index is 12.5. The van der Waals surface area contributed by atoms with Crippen molar-refractivity contribution in [2.45, 2.75) is 32.3 Å². The summed E-state index contributed by atoms with van der Waals surface area (Å²) in [5, 5.41) is 0. The van der Waals surface area contributed by atoms with Gasteiger partial charge in [-0.3, -0.25) is 4.79 Å². The molecule has 0 aliphatic heterocycles. The van der Waals surface area contributed by atoms with E-state index in [0.29, 0.717) is 0 Å². The minimum Gasteiger partial charge on any atom is -0.369 e.